The van der Waals surface area contributed by atoms with Crippen LogP contribution in [0.1, 0.15) is 6.92 Å². The molecule has 3 N–H and O–H groups in total. The van der Waals surface area contributed by atoms with Crippen molar-refractivity contribution in [1.29, 1.82) is 0 Å². The van der Waals surface area contributed by atoms with E-state index >= 15 is 0 Å². The molecule has 1 rings (SSSR count). The zero-order valence-corrected chi connectivity index (χ0v) is 9.06. The van der Waals surface area contributed by atoms with Gasteiger partial charge in [-0.25, -0.2) is 0 Å². The number of carbonyl (C=O) groups is 1. The number of likely N-dealkylation sites (N-methyl/N-ethyl adjacent to an activating group) is 1. The number of carbonyl (C=O) groups excluding carboxylic acids is 1. The van der Waals surface area contributed by atoms with E-state index in [0.29, 0.717) is 11.6 Å². The molecule has 0 radical (unpaired) electrons. The van der Waals surface area contributed by atoms with Crippen LogP contribution in [0.15, 0.2) is 12.1 Å². The molecule has 1 amide bonds. The molecule has 1 aromatic heterocycles. The molecule has 0 aromatic carbocycles. The number of nitrogen functional groups attached to an aromatic ring is 1. The number of amides is 1. The smallest absolute Gasteiger partial charge is 0.244 e. The van der Waals surface area contributed by atoms with Gasteiger partial charge in [0, 0.05) is 14.1 Å². The van der Waals surface area contributed by atoms with Gasteiger partial charge < -0.3 is 16.0 Å². The van der Waals surface area contributed by atoms with Gasteiger partial charge >= 0.3 is 0 Å². The predicted molar refractivity (Wildman–Crippen MR) is 58.2 cm³/mol. The van der Waals surface area contributed by atoms with Crippen molar-refractivity contribution >= 4 is 17.5 Å². The monoisotopic (exact) mass is 209 g/mol. The van der Waals surface area contributed by atoms with Crippen LogP contribution in [0.3, 0.4) is 0 Å². The zero-order chi connectivity index (χ0) is 11.4. The van der Waals surface area contributed by atoms with Crippen LogP contribution in [0.2, 0.25) is 0 Å². The van der Waals surface area contributed by atoms with Gasteiger partial charge in [-0.2, -0.15) is 0 Å². The summed E-state index contributed by atoms with van der Waals surface area (Å²) in [5.41, 5.74) is 5.39. The number of nitrogens with two attached hydrogens (primary N) is 1. The molecule has 0 fully saturated rings. The lowest BCUT2D eigenvalue weighted by molar-refractivity contribution is -0.129. The number of nitrogens with zero attached hydrogens (tertiary/aromatic N) is 3. The molecule has 0 aliphatic carbocycles. The maximum Gasteiger partial charge on any atom is 0.244 e. The first-order chi connectivity index (χ1) is 7.00. The fourth-order valence-corrected chi connectivity index (χ4v) is 1.09. The van der Waals surface area contributed by atoms with E-state index < -0.39 is 0 Å². The summed E-state index contributed by atoms with van der Waals surface area (Å²) in [5.74, 6) is 0.868. The van der Waals surface area contributed by atoms with Crippen LogP contribution >= 0.6 is 0 Å². The van der Waals surface area contributed by atoms with Crippen molar-refractivity contribution in [3.63, 3.8) is 0 Å². The molecule has 0 bridgehead atoms. The van der Waals surface area contributed by atoms with Crippen LogP contribution in [0.5, 0.6) is 0 Å². The minimum atomic E-state index is -0.335. The molecule has 6 heteroatoms. The van der Waals surface area contributed by atoms with Crippen LogP contribution in [-0.4, -0.2) is 41.1 Å². The number of aromatic nitrogens is 2. The first kappa shape index (κ1) is 11.2. The lowest BCUT2D eigenvalue weighted by atomic mass is 10.3. The number of rotatable bonds is 3. The van der Waals surface area contributed by atoms with Crippen LogP contribution in [-0.2, 0) is 4.79 Å². The van der Waals surface area contributed by atoms with Gasteiger partial charge in [-0.05, 0) is 19.1 Å². The molecule has 82 valence electrons. The Labute approximate surface area is 88.5 Å². The quantitative estimate of drug-likeness (QED) is 0.729. The lowest BCUT2D eigenvalue weighted by Gasteiger charge is -2.17. The first-order valence-corrected chi connectivity index (χ1v) is 4.57. The van der Waals surface area contributed by atoms with E-state index in [1.54, 1.807) is 33.2 Å². The molecule has 0 aliphatic heterocycles. The third-order valence-electron chi connectivity index (χ3n) is 1.86. The maximum absolute atomic E-state index is 11.5. The predicted octanol–water partition coefficient (Wildman–Crippen LogP) is -0.0526. The third kappa shape index (κ3) is 3.08. The van der Waals surface area contributed by atoms with Crippen LogP contribution in [0.4, 0.5) is 11.6 Å². The second kappa shape index (κ2) is 4.59. The summed E-state index contributed by atoms with van der Waals surface area (Å²) in [4.78, 5) is 13.0. The van der Waals surface area contributed by atoms with Gasteiger partial charge in [0.05, 0.1) is 0 Å². The standard InChI is InChI=1S/C9H15N5O/c1-6(9(15)14(2)3)11-8-5-4-7(10)12-13-8/h4-6H,1-3H3,(H2,10,12)(H,11,13). The summed E-state index contributed by atoms with van der Waals surface area (Å²) in [7, 11) is 3.41. The van der Waals surface area contributed by atoms with E-state index in [-0.39, 0.29) is 11.9 Å². The Morgan fingerprint density at radius 3 is 2.60 bits per heavy atom. The van der Waals surface area contributed by atoms with E-state index in [1.165, 1.54) is 4.90 Å². The second-order valence-electron chi connectivity index (χ2n) is 3.44. The Morgan fingerprint density at radius 2 is 2.13 bits per heavy atom. The second-order valence-corrected chi connectivity index (χ2v) is 3.44. The zero-order valence-electron chi connectivity index (χ0n) is 9.06. The summed E-state index contributed by atoms with van der Waals surface area (Å²) in [5, 5.41) is 10.4. The van der Waals surface area contributed by atoms with Gasteiger partial charge in [0.25, 0.3) is 0 Å². The van der Waals surface area contributed by atoms with Crippen LogP contribution < -0.4 is 11.1 Å². The number of hydrogen-bond donors (Lipinski definition) is 2. The summed E-state index contributed by atoms with van der Waals surface area (Å²) in [6.45, 7) is 1.76. The number of hydrogen-bond acceptors (Lipinski definition) is 5. The minimum absolute atomic E-state index is 0.0198. The van der Waals surface area contributed by atoms with Crippen molar-refractivity contribution in [3.05, 3.63) is 12.1 Å². The van der Waals surface area contributed by atoms with E-state index in [9.17, 15) is 4.79 Å². The topological polar surface area (TPSA) is 84.1 Å². The van der Waals surface area contributed by atoms with Crippen molar-refractivity contribution in [3.8, 4) is 0 Å². The highest BCUT2D eigenvalue weighted by Gasteiger charge is 2.14. The van der Waals surface area contributed by atoms with Gasteiger partial charge in [-0.15, -0.1) is 10.2 Å². The molecule has 0 aliphatic rings. The Bertz CT molecular complexity index is 335. The average Bonchev–Trinajstić information content (AvgIpc) is 2.20. The van der Waals surface area contributed by atoms with Crippen molar-refractivity contribution in [2.75, 3.05) is 25.1 Å². The fourth-order valence-electron chi connectivity index (χ4n) is 1.09. The Balaban J connectivity index is 2.62. The molecule has 0 saturated carbocycles. The highest BCUT2D eigenvalue weighted by atomic mass is 16.2. The summed E-state index contributed by atoms with van der Waals surface area (Å²) in [6, 6.07) is 2.97. The first-order valence-electron chi connectivity index (χ1n) is 4.57. The fraction of sp³-hybridized carbons (Fsp3) is 0.444. The molecule has 6 nitrogen and oxygen atoms in total. The minimum Gasteiger partial charge on any atom is -0.382 e. The normalized spacial score (nSPS) is 11.9. The van der Waals surface area contributed by atoms with Crippen molar-refractivity contribution in [2.45, 2.75) is 13.0 Å². The molecular formula is C9H15N5O. The molecule has 1 aromatic rings. The van der Waals surface area contributed by atoms with Gasteiger partial charge in [0.15, 0.2) is 0 Å². The van der Waals surface area contributed by atoms with E-state index in [0.717, 1.165) is 0 Å². The van der Waals surface area contributed by atoms with Gasteiger partial charge in [-0.3, -0.25) is 4.79 Å². The van der Waals surface area contributed by atoms with E-state index in [2.05, 4.69) is 15.5 Å². The molecular weight excluding hydrogens is 194 g/mol. The van der Waals surface area contributed by atoms with Crippen molar-refractivity contribution in [2.24, 2.45) is 0 Å². The Kier molecular flexibility index (Phi) is 3.43. The SMILES string of the molecule is CC(Nc1ccc(N)nn1)C(=O)N(C)C. The molecule has 0 saturated heterocycles. The summed E-state index contributed by atoms with van der Waals surface area (Å²) >= 11 is 0. The molecule has 1 heterocycles. The highest BCUT2D eigenvalue weighted by Crippen LogP contribution is 2.05. The van der Waals surface area contributed by atoms with Gasteiger partial charge in [0.1, 0.15) is 17.7 Å². The molecule has 15 heavy (non-hydrogen) atoms. The van der Waals surface area contributed by atoms with Crippen LogP contribution in [0.25, 0.3) is 0 Å². The lowest BCUT2D eigenvalue weighted by Crippen LogP contribution is -2.36. The third-order valence-corrected chi connectivity index (χ3v) is 1.86. The summed E-state index contributed by atoms with van der Waals surface area (Å²) < 4.78 is 0. The van der Waals surface area contributed by atoms with Gasteiger partial charge in [0.2, 0.25) is 5.91 Å². The number of anilines is 2. The Hall–Kier alpha value is -1.85. The molecule has 1 atom stereocenters. The molecule has 1 unspecified atom stereocenters. The van der Waals surface area contributed by atoms with Crippen molar-refractivity contribution < 1.29 is 4.79 Å². The maximum atomic E-state index is 11.5. The Morgan fingerprint density at radius 1 is 1.47 bits per heavy atom. The summed E-state index contributed by atoms with van der Waals surface area (Å²) in [6.07, 6.45) is 0. The van der Waals surface area contributed by atoms with Crippen molar-refractivity contribution in [1.82, 2.24) is 15.1 Å². The average molecular weight is 209 g/mol. The van der Waals surface area contributed by atoms with E-state index in [4.69, 9.17) is 5.73 Å². The van der Waals surface area contributed by atoms with E-state index in [1.807, 2.05) is 0 Å². The highest BCUT2D eigenvalue weighted by molar-refractivity contribution is 5.83. The molecule has 0 spiro atoms. The van der Waals surface area contributed by atoms with Crippen LogP contribution in [0, 0.1) is 0 Å². The largest absolute Gasteiger partial charge is 0.382 e. The van der Waals surface area contributed by atoms with Gasteiger partial charge in [-0.1, -0.05) is 0 Å². The number of nitrogens with one attached hydrogen (secondary N) is 1.